The van der Waals surface area contributed by atoms with Gasteiger partial charge in [-0.2, -0.15) is 0 Å². The van der Waals surface area contributed by atoms with Crippen LogP contribution < -0.4 is 11.1 Å². The number of rotatable bonds is 8. The van der Waals surface area contributed by atoms with Crippen molar-refractivity contribution in [2.45, 2.75) is 38.4 Å². The van der Waals surface area contributed by atoms with Crippen LogP contribution in [-0.4, -0.2) is 35.7 Å². The minimum absolute atomic E-state index is 0.0782. The summed E-state index contributed by atoms with van der Waals surface area (Å²) in [6.07, 6.45) is 1.41. The summed E-state index contributed by atoms with van der Waals surface area (Å²) in [5, 5.41) is 9.34. The summed E-state index contributed by atoms with van der Waals surface area (Å²) < 4.78 is 17.6. The van der Waals surface area contributed by atoms with Gasteiger partial charge in [-0.3, -0.25) is 4.57 Å². The van der Waals surface area contributed by atoms with Gasteiger partial charge in [-0.25, -0.2) is 9.59 Å². The normalized spacial score (nSPS) is 17.5. The number of aliphatic carboxylic acids is 1. The highest BCUT2D eigenvalue weighted by Gasteiger charge is 2.52. The molecule has 7 nitrogen and oxygen atoms in total. The minimum Gasteiger partial charge on any atom is -0.479 e. The third-order valence-electron chi connectivity index (χ3n) is 2.72. The Kier molecular flexibility index (Phi) is 6.35. The monoisotopic (exact) mass is 280 g/mol. The Labute approximate surface area is 107 Å². The number of hydrogen-bond donors (Lipinski definition) is 3. The van der Waals surface area contributed by atoms with Gasteiger partial charge >= 0.3 is 12.0 Å². The number of nitrogens with two attached hydrogens (primary N) is 1. The van der Waals surface area contributed by atoms with Crippen LogP contribution in [0.15, 0.2) is 0 Å². The molecule has 0 aliphatic heterocycles. The number of unbranched alkanes of at least 4 members (excludes halogenated alkanes) is 1. The molecule has 8 heteroatoms. The molecule has 18 heavy (non-hydrogen) atoms. The van der Waals surface area contributed by atoms with Gasteiger partial charge in [0.15, 0.2) is 0 Å². The standard InChI is InChI=1S/C10H21N2O5P/c1-4-6-7-17-18(3,16)10(5-2,8(13)14)12-9(11)15/h4-7H2,1-3H3,(H,13,14)(H3,11,12,15). The maximum atomic E-state index is 12.4. The van der Waals surface area contributed by atoms with Gasteiger partial charge in [-0.15, -0.1) is 0 Å². The number of carboxylic acids is 1. The van der Waals surface area contributed by atoms with Crippen molar-refractivity contribution in [2.24, 2.45) is 5.73 Å². The molecule has 0 fully saturated rings. The molecular formula is C10H21N2O5P. The summed E-state index contributed by atoms with van der Waals surface area (Å²) in [4.78, 5) is 22.3. The number of carbonyl (C=O) groups excluding carboxylic acids is 1. The molecule has 0 spiro atoms. The van der Waals surface area contributed by atoms with Gasteiger partial charge in [-0.1, -0.05) is 20.3 Å². The van der Waals surface area contributed by atoms with Crippen LogP contribution in [0.2, 0.25) is 0 Å². The Hall–Kier alpha value is -1.07. The van der Waals surface area contributed by atoms with Crippen LogP contribution in [0.3, 0.4) is 0 Å². The SMILES string of the molecule is CCCCOP(C)(=O)C(CC)(NC(N)=O)C(=O)O. The highest BCUT2D eigenvalue weighted by Crippen LogP contribution is 2.56. The molecule has 0 aromatic rings. The van der Waals surface area contributed by atoms with E-state index in [9.17, 15) is 19.3 Å². The van der Waals surface area contributed by atoms with Gasteiger partial charge in [-0.05, 0) is 12.8 Å². The molecule has 0 heterocycles. The Morgan fingerprint density at radius 1 is 1.44 bits per heavy atom. The van der Waals surface area contributed by atoms with E-state index in [2.05, 4.69) is 5.32 Å². The van der Waals surface area contributed by atoms with E-state index in [0.717, 1.165) is 6.42 Å². The number of nitrogens with one attached hydrogen (secondary N) is 1. The van der Waals surface area contributed by atoms with Crippen molar-refractivity contribution in [1.82, 2.24) is 5.32 Å². The van der Waals surface area contributed by atoms with E-state index in [1.54, 1.807) is 0 Å². The molecular weight excluding hydrogens is 259 g/mol. The zero-order valence-electron chi connectivity index (χ0n) is 10.9. The molecule has 0 aliphatic rings. The van der Waals surface area contributed by atoms with Gasteiger partial charge in [0.1, 0.15) is 0 Å². The quantitative estimate of drug-likeness (QED) is 0.460. The maximum Gasteiger partial charge on any atom is 0.339 e. The van der Waals surface area contributed by atoms with Crippen LogP contribution >= 0.6 is 7.37 Å². The zero-order chi connectivity index (χ0) is 14.4. The van der Waals surface area contributed by atoms with E-state index < -0.39 is 24.6 Å². The topological polar surface area (TPSA) is 119 Å². The number of carboxylic acid groups (broad SMARTS) is 1. The molecule has 0 saturated heterocycles. The molecule has 0 aliphatic carbocycles. The lowest BCUT2D eigenvalue weighted by molar-refractivity contribution is -0.141. The van der Waals surface area contributed by atoms with Crippen LogP contribution in [0.4, 0.5) is 4.79 Å². The lowest BCUT2D eigenvalue weighted by Crippen LogP contribution is -2.55. The molecule has 2 amide bonds. The third kappa shape index (κ3) is 3.71. The Bertz CT molecular complexity index is 360. The van der Waals surface area contributed by atoms with Crippen molar-refractivity contribution in [1.29, 1.82) is 0 Å². The van der Waals surface area contributed by atoms with Crippen molar-refractivity contribution in [3.05, 3.63) is 0 Å². The zero-order valence-corrected chi connectivity index (χ0v) is 11.8. The summed E-state index contributed by atoms with van der Waals surface area (Å²) in [5.41, 5.74) is 4.95. The second-order valence-electron chi connectivity index (χ2n) is 4.04. The van der Waals surface area contributed by atoms with Gasteiger partial charge < -0.3 is 20.7 Å². The molecule has 0 aromatic heterocycles. The predicted molar refractivity (Wildman–Crippen MR) is 67.8 cm³/mol. The number of primary amides is 1. The molecule has 4 N–H and O–H groups in total. The lowest BCUT2D eigenvalue weighted by Gasteiger charge is -2.33. The van der Waals surface area contributed by atoms with Crippen LogP contribution in [0.5, 0.6) is 0 Å². The largest absolute Gasteiger partial charge is 0.479 e. The van der Waals surface area contributed by atoms with Crippen LogP contribution in [0.1, 0.15) is 33.1 Å². The van der Waals surface area contributed by atoms with E-state index in [0.29, 0.717) is 6.42 Å². The number of amides is 2. The van der Waals surface area contributed by atoms with Gasteiger partial charge in [0.2, 0.25) is 12.6 Å². The first-order valence-corrected chi connectivity index (χ1v) is 7.83. The Balaban J connectivity index is 5.21. The molecule has 0 aromatic carbocycles. The van der Waals surface area contributed by atoms with Crippen LogP contribution in [-0.2, 0) is 13.9 Å². The first-order chi connectivity index (χ1) is 8.23. The first kappa shape index (κ1) is 16.9. The predicted octanol–water partition coefficient (Wildman–Crippen LogP) is 1.57. The van der Waals surface area contributed by atoms with E-state index >= 15 is 0 Å². The molecule has 2 atom stereocenters. The smallest absolute Gasteiger partial charge is 0.339 e. The molecule has 0 rings (SSSR count). The summed E-state index contributed by atoms with van der Waals surface area (Å²) in [6, 6.07) is -1.04. The third-order valence-corrected chi connectivity index (χ3v) is 5.41. The number of urea groups is 1. The van der Waals surface area contributed by atoms with Gasteiger partial charge in [0.05, 0.1) is 6.61 Å². The fourth-order valence-corrected chi connectivity index (χ4v) is 3.49. The summed E-state index contributed by atoms with van der Waals surface area (Å²) >= 11 is 0. The van der Waals surface area contributed by atoms with Gasteiger partial charge in [0.25, 0.3) is 0 Å². The van der Waals surface area contributed by atoms with E-state index in [4.69, 9.17) is 10.3 Å². The van der Waals surface area contributed by atoms with Gasteiger partial charge in [0, 0.05) is 6.66 Å². The van der Waals surface area contributed by atoms with Crippen molar-refractivity contribution in [3.8, 4) is 0 Å². The second-order valence-corrected chi connectivity index (χ2v) is 6.75. The first-order valence-electron chi connectivity index (χ1n) is 5.76. The second kappa shape index (κ2) is 6.75. The average molecular weight is 280 g/mol. The average Bonchev–Trinajstić information content (AvgIpc) is 2.24. The Morgan fingerprint density at radius 3 is 2.33 bits per heavy atom. The summed E-state index contributed by atoms with van der Waals surface area (Å²) in [6.45, 7) is 4.81. The van der Waals surface area contributed by atoms with Crippen LogP contribution in [0.25, 0.3) is 0 Å². The van der Waals surface area contributed by atoms with Crippen molar-refractivity contribution < 1.29 is 23.8 Å². The minimum atomic E-state index is -3.58. The molecule has 0 saturated carbocycles. The van der Waals surface area contributed by atoms with Crippen molar-refractivity contribution >= 4 is 19.4 Å². The van der Waals surface area contributed by atoms with E-state index in [1.807, 2.05) is 6.92 Å². The highest BCUT2D eigenvalue weighted by molar-refractivity contribution is 7.61. The molecule has 0 radical (unpaired) electrons. The van der Waals surface area contributed by atoms with E-state index in [1.165, 1.54) is 13.6 Å². The lowest BCUT2D eigenvalue weighted by atomic mass is 10.2. The number of hydrogen-bond acceptors (Lipinski definition) is 4. The highest BCUT2D eigenvalue weighted by atomic mass is 31.2. The number of carbonyl (C=O) groups is 2. The summed E-state index contributed by atoms with van der Waals surface area (Å²) in [5.74, 6) is -1.41. The van der Waals surface area contributed by atoms with E-state index in [-0.39, 0.29) is 13.0 Å². The fourth-order valence-electron chi connectivity index (χ4n) is 1.55. The summed E-state index contributed by atoms with van der Waals surface area (Å²) in [7, 11) is -3.58. The van der Waals surface area contributed by atoms with Crippen LogP contribution in [0, 0.1) is 0 Å². The molecule has 0 bridgehead atoms. The molecule has 2 unspecified atom stereocenters. The van der Waals surface area contributed by atoms with Crippen molar-refractivity contribution in [2.75, 3.05) is 13.3 Å². The fraction of sp³-hybridized carbons (Fsp3) is 0.800. The maximum absolute atomic E-state index is 12.4. The molecule has 106 valence electrons. The Morgan fingerprint density at radius 2 is 2.00 bits per heavy atom. The van der Waals surface area contributed by atoms with Crippen molar-refractivity contribution in [3.63, 3.8) is 0 Å².